The van der Waals surface area contributed by atoms with Gasteiger partial charge in [0.2, 0.25) is 5.78 Å². The number of nitrogens with zero attached hydrogens (tertiary/aromatic N) is 2. The first-order chi connectivity index (χ1) is 19.2. The molecule has 0 aromatic heterocycles. The Morgan fingerprint density at radius 1 is 1.07 bits per heavy atom. The van der Waals surface area contributed by atoms with Crippen molar-refractivity contribution in [2.75, 3.05) is 33.1 Å². The fourth-order valence-electron chi connectivity index (χ4n) is 6.84. The van der Waals surface area contributed by atoms with Gasteiger partial charge < -0.3 is 31.1 Å². The number of rotatable bonds is 5. The van der Waals surface area contributed by atoms with Gasteiger partial charge in [0.15, 0.2) is 11.4 Å². The maximum absolute atomic E-state index is 14.2. The van der Waals surface area contributed by atoms with Crippen molar-refractivity contribution < 1.29 is 34.8 Å². The monoisotopic (exact) mass is 561 g/mol. The number of phenols is 1. The molecule has 3 aliphatic rings. The minimum Gasteiger partial charge on any atom is -0.510 e. The van der Waals surface area contributed by atoms with E-state index in [-0.39, 0.29) is 29.7 Å². The predicted molar refractivity (Wildman–Crippen MR) is 153 cm³/mol. The van der Waals surface area contributed by atoms with Crippen molar-refractivity contribution in [2.45, 2.75) is 37.8 Å². The van der Waals surface area contributed by atoms with Crippen LogP contribution in [0.2, 0.25) is 0 Å². The van der Waals surface area contributed by atoms with E-state index in [2.05, 4.69) is 0 Å². The number of aliphatic hydroxyl groups is 3. The summed E-state index contributed by atoms with van der Waals surface area (Å²) in [5.41, 5.74) is 5.26. The van der Waals surface area contributed by atoms with Crippen LogP contribution in [-0.2, 0) is 22.4 Å². The van der Waals surface area contributed by atoms with Crippen LogP contribution in [-0.4, -0.2) is 82.6 Å². The Morgan fingerprint density at radius 2 is 1.71 bits per heavy atom. The quantitative estimate of drug-likeness (QED) is 0.345. The van der Waals surface area contributed by atoms with Crippen LogP contribution in [0.4, 0.5) is 5.69 Å². The highest BCUT2D eigenvalue weighted by atomic mass is 16.3. The third kappa shape index (κ3) is 3.96. The third-order valence-electron chi connectivity index (χ3n) is 8.85. The number of hydrogen-bond donors (Lipinski definition) is 5. The van der Waals surface area contributed by atoms with Crippen molar-refractivity contribution in [1.29, 1.82) is 0 Å². The van der Waals surface area contributed by atoms with Crippen molar-refractivity contribution in [2.24, 2.45) is 17.6 Å². The first-order valence-corrected chi connectivity index (χ1v) is 13.6. The van der Waals surface area contributed by atoms with Crippen LogP contribution in [0.15, 0.2) is 53.0 Å². The molecule has 2 aromatic rings. The van der Waals surface area contributed by atoms with Crippen LogP contribution in [0.1, 0.15) is 34.8 Å². The van der Waals surface area contributed by atoms with E-state index in [1.54, 1.807) is 14.1 Å². The average Bonchev–Trinajstić information content (AvgIpc) is 2.90. The van der Waals surface area contributed by atoms with E-state index in [1.165, 1.54) is 4.90 Å². The SMILES string of the molecule is CCc1ccc(-c2cc(N(C)C)c3c(c2O)C(=O)C2=C(O)[C@]4(O)C(=O)C(C(N)=O)=C(O)[C@@H](N(C)C)[C@@H]4C[C@@H]2C3)cc1. The number of nitrogens with two attached hydrogens (primary N) is 1. The second kappa shape index (κ2) is 9.74. The van der Waals surface area contributed by atoms with Gasteiger partial charge in [-0.1, -0.05) is 31.2 Å². The first-order valence-electron chi connectivity index (χ1n) is 13.6. The first kappa shape index (κ1) is 28.4. The maximum atomic E-state index is 14.2. The Kier molecular flexibility index (Phi) is 6.74. The third-order valence-corrected chi connectivity index (χ3v) is 8.85. The molecular formula is C31H35N3O7. The molecule has 0 unspecified atom stereocenters. The highest BCUT2D eigenvalue weighted by Crippen LogP contribution is 2.54. The molecular weight excluding hydrogens is 526 g/mol. The van der Waals surface area contributed by atoms with Gasteiger partial charge in [-0.15, -0.1) is 0 Å². The number of aromatic hydroxyl groups is 1. The highest BCUT2D eigenvalue weighted by Gasteiger charge is 2.63. The fourth-order valence-corrected chi connectivity index (χ4v) is 6.84. The average molecular weight is 562 g/mol. The number of ketones is 2. The zero-order chi connectivity index (χ0) is 30.1. The Bertz CT molecular complexity index is 1550. The van der Waals surface area contributed by atoms with Crippen LogP contribution < -0.4 is 10.6 Å². The number of benzene rings is 2. The molecule has 1 amide bonds. The molecule has 0 saturated heterocycles. The van der Waals surface area contributed by atoms with Gasteiger partial charge in [-0.2, -0.15) is 0 Å². The van der Waals surface area contributed by atoms with Crippen molar-refractivity contribution in [3.63, 3.8) is 0 Å². The summed E-state index contributed by atoms with van der Waals surface area (Å²) in [7, 11) is 6.87. The molecule has 216 valence electrons. The van der Waals surface area contributed by atoms with Crippen molar-refractivity contribution in [3.05, 3.63) is 69.7 Å². The number of aryl methyl sites for hydroxylation is 1. The number of anilines is 1. The molecule has 0 radical (unpaired) electrons. The molecule has 0 spiro atoms. The van der Waals surface area contributed by atoms with Crippen LogP contribution in [0, 0.1) is 11.8 Å². The molecule has 0 bridgehead atoms. The standard InChI is InChI=1S/C31H35N3O7/c1-6-14-7-9-15(10-8-14)17-13-20(33(2)3)18-11-16-12-19-24(34(4)5)27(37)23(30(32)40)29(39)31(19,41)28(38)21(16)26(36)22(18)25(17)35/h7-10,13,16,19,24,35,37-38,41H,6,11-12H2,1-5H3,(H2,32,40)/t16-,19-,24-,31-/m0/s1. The summed E-state index contributed by atoms with van der Waals surface area (Å²) < 4.78 is 0. The second-order valence-corrected chi connectivity index (χ2v) is 11.6. The predicted octanol–water partition coefficient (Wildman–Crippen LogP) is 2.42. The summed E-state index contributed by atoms with van der Waals surface area (Å²) in [6.45, 7) is 2.04. The van der Waals surface area contributed by atoms with E-state index in [4.69, 9.17) is 5.73 Å². The van der Waals surface area contributed by atoms with Gasteiger partial charge in [0.1, 0.15) is 22.8 Å². The Hall–Kier alpha value is -4.15. The van der Waals surface area contributed by atoms with Gasteiger partial charge in [0, 0.05) is 36.8 Å². The van der Waals surface area contributed by atoms with E-state index in [9.17, 15) is 34.8 Å². The molecule has 0 heterocycles. The summed E-state index contributed by atoms with van der Waals surface area (Å²) in [4.78, 5) is 43.2. The molecule has 2 aromatic carbocycles. The number of aliphatic hydroxyl groups excluding tert-OH is 2. The van der Waals surface area contributed by atoms with Gasteiger partial charge in [-0.25, -0.2) is 0 Å². The maximum Gasteiger partial charge on any atom is 0.255 e. The van der Waals surface area contributed by atoms with Crippen molar-refractivity contribution in [1.82, 2.24) is 4.90 Å². The summed E-state index contributed by atoms with van der Waals surface area (Å²) in [5, 5.41) is 45.8. The van der Waals surface area contributed by atoms with Gasteiger partial charge in [-0.3, -0.25) is 19.3 Å². The Morgan fingerprint density at radius 3 is 2.24 bits per heavy atom. The Labute approximate surface area is 238 Å². The zero-order valence-corrected chi connectivity index (χ0v) is 23.7. The number of carbonyl (C=O) groups excluding carboxylic acids is 3. The van der Waals surface area contributed by atoms with E-state index < -0.39 is 58.0 Å². The van der Waals surface area contributed by atoms with E-state index in [1.807, 2.05) is 56.3 Å². The number of allylic oxidation sites excluding steroid dienone is 1. The Balaban J connectivity index is 1.74. The number of primary amides is 1. The zero-order valence-electron chi connectivity index (χ0n) is 23.7. The second-order valence-electron chi connectivity index (χ2n) is 11.6. The van der Waals surface area contributed by atoms with E-state index in [0.717, 1.165) is 12.0 Å². The minimum atomic E-state index is -2.67. The molecule has 0 saturated carbocycles. The number of hydrogen-bond acceptors (Lipinski definition) is 9. The number of Topliss-reactive ketones (excluding diaryl/α,β-unsaturated/α-hetero) is 2. The minimum absolute atomic E-state index is 0.00782. The number of likely N-dealkylation sites (N-methyl/N-ethyl adjacent to an activating group) is 1. The number of phenolic OH excluding ortho intramolecular Hbond substituents is 1. The summed E-state index contributed by atoms with van der Waals surface area (Å²) in [6.07, 6.45) is 1.11. The molecule has 41 heavy (non-hydrogen) atoms. The number of carbonyl (C=O) groups is 3. The molecule has 10 heteroatoms. The lowest BCUT2D eigenvalue weighted by Gasteiger charge is -2.50. The number of fused-ring (bicyclic) bond motifs is 3. The van der Waals surface area contributed by atoms with Crippen LogP contribution in [0.5, 0.6) is 5.75 Å². The van der Waals surface area contributed by atoms with Crippen LogP contribution >= 0.6 is 0 Å². The van der Waals surface area contributed by atoms with Gasteiger partial charge in [0.05, 0.1) is 11.6 Å². The van der Waals surface area contributed by atoms with E-state index >= 15 is 0 Å². The highest BCUT2D eigenvalue weighted by molar-refractivity contribution is 6.25. The molecule has 3 aliphatic carbocycles. The van der Waals surface area contributed by atoms with Crippen molar-refractivity contribution in [3.8, 4) is 16.9 Å². The molecule has 5 rings (SSSR count). The lowest BCUT2D eigenvalue weighted by molar-refractivity contribution is -0.148. The lowest BCUT2D eigenvalue weighted by Crippen LogP contribution is -2.63. The summed E-state index contributed by atoms with van der Waals surface area (Å²) in [5.74, 6) is -6.64. The smallest absolute Gasteiger partial charge is 0.255 e. The summed E-state index contributed by atoms with van der Waals surface area (Å²) in [6, 6.07) is 8.43. The van der Waals surface area contributed by atoms with Gasteiger partial charge in [-0.05, 0) is 62.0 Å². The molecule has 4 atom stereocenters. The van der Waals surface area contributed by atoms with Crippen LogP contribution in [0.3, 0.4) is 0 Å². The van der Waals surface area contributed by atoms with Crippen LogP contribution in [0.25, 0.3) is 11.1 Å². The molecule has 10 nitrogen and oxygen atoms in total. The molecule has 0 aliphatic heterocycles. The van der Waals surface area contributed by atoms with Gasteiger partial charge >= 0.3 is 0 Å². The largest absolute Gasteiger partial charge is 0.510 e. The normalized spacial score (nSPS) is 25.7. The summed E-state index contributed by atoms with van der Waals surface area (Å²) >= 11 is 0. The molecule has 6 N–H and O–H groups in total. The topological polar surface area (TPSA) is 165 Å². The molecule has 0 fully saturated rings. The van der Waals surface area contributed by atoms with Gasteiger partial charge in [0.25, 0.3) is 5.91 Å². The lowest BCUT2D eigenvalue weighted by atomic mass is 9.58. The van der Waals surface area contributed by atoms with E-state index in [0.29, 0.717) is 22.4 Å². The number of amides is 1. The fraction of sp³-hybridized carbons (Fsp3) is 0.387. The van der Waals surface area contributed by atoms with Crippen molar-refractivity contribution >= 4 is 23.2 Å².